The number of fused-ring (bicyclic) bond motifs is 5. The molecule has 0 saturated heterocycles. The number of hydrogen-bond acceptors (Lipinski definition) is 0. The molecule has 2 fully saturated rings. The van der Waals surface area contributed by atoms with Gasteiger partial charge in [0.15, 0.2) is 0 Å². The Kier molecular flexibility index (Phi) is 1.06. The quantitative estimate of drug-likeness (QED) is 0.468. The number of rotatable bonds is 0. The van der Waals surface area contributed by atoms with E-state index in [1.807, 2.05) is 0 Å². The van der Waals surface area contributed by atoms with Gasteiger partial charge >= 0.3 is 0 Å². The van der Waals surface area contributed by atoms with Crippen molar-refractivity contribution in [1.29, 1.82) is 0 Å². The summed E-state index contributed by atoms with van der Waals surface area (Å²) >= 11 is 0. The molecular formula is C10H13F. The zero-order valence-electron chi connectivity index (χ0n) is 6.54. The van der Waals surface area contributed by atoms with Crippen molar-refractivity contribution in [3.8, 4) is 0 Å². The van der Waals surface area contributed by atoms with Crippen LogP contribution in [0.4, 0.5) is 4.39 Å². The maximum absolute atomic E-state index is 13.0. The Morgan fingerprint density at radius 2 is 1.45 bits per heavy atom. The van der Waals surface area contributed by atoms with Crippen LogP contribution < -0.4 is 0 Å². The van der Waals surface area contributed by atoms with E-state index in [-0.39, 0.29) is 0 Å². The van der Waals surface area contributed by atoms with Gasteiger partial charge in [-0.05, 0) is 42.9 Å². The molecule has 0 aromatic heterocycles. The van der Waals surface area contributed by atoms with Crippen LogP contribution in [0.3, 0.4) is 0 Å². The van der Waals surface area contributed by atoms with Crippen LogP contribution >= 0.6 is 0 Å². The highest BCUT2D eigenvalue weighted by Crippen LogP contribution is 2.55. The number of allylic oxidation sites excluding steroid dienone is 2. The summed E-state index contributed by atoms with van der Waals surface area (Å²) in [5.74, 6) is 2.96. The van der Waals surface area contributed by atoms with Gasteiger partial charge in [-0.3, -0.25) is 0 Å². The van der Waals surface area contributed by atoms with E-state index in [1.54, 1.807) is 0 Å². The molecule has 4 atom stereocenters. The summed E-state index contributed by atoms with van der Waals surface area (Å²) in [5, 5.41) is 0. The summed E-state index contributed by atoms with van der Waals surface area (Å²) in [4.78, 5) is 0. The Hall–Kier alpha value is -0.330. The topological polar surface area (TPSA) is 0 Å². The van der Waals surface area contributed by atoms with Crippen molar-refractivity contribution in [1.82, 2.24) is 0 Å². The lowest BCUT2D eigenvalue weighted by Crippen LogP contribution is -2.12. The Balaban J connectivity index is 1.92. The van der Waals surface area contributed by atoms with Crippen LogP contribution in [0.1, 0.15) is 19.3 Å². The molecule has 0 N–H and O–H groups in total. The largest absolute Gasteiger partial charge is 0.247 e. The third-order valence-corrected chi connectivity index (χ3v) is 3.86. The maximum atomic E-state index is 13.0. The lowest BCUT2D eigenvalue weighted by atomic mass is 9.86. The normalized spacial score (nSPS) is 58.8. The summed E-state index contributed by atoms with van der Waals surface area (Å²) in [6.07, 6.45) is 7.22. The van der Waals surface area contributed by atoms with E-state index >= 15 is 0 Å². The van der Waals surface area contributed by atoms with E-state index in [9.17, 15) is 4.39 Å². The Morgan fingerprint density at radius 3 is 2.00 bits per heavy atom. The molecule has 0 nitrogen and oxygen atoms in total. The van der Waals surface area contributed by atoms with Crippen LogP contribution in [0.25, 0.3) is 0 Å². The average Bonchev–Trinajstić information content (AvgIpc) is 2.53. The molecule has 0 spiro atoms. The highest BCUT2D eigenvalue weighted by molar-refractivity contribution is 5.15. The van der Waals surface area contributed by atoms with Gasteiger partial charge in [0.2, 0.25) is 0 Å². The number of alkyl halides is 1. The Morgan fingerprint density at radius 1 is 0.909 bits per heavy atom. The summed E-state index contributed by atoms with van der Waals surface area (Å²) in [7, 11) is 0. The molecule has 0 aromatic rings. The first kappa shape index (κ1) is 6.22. The van der Waals surface area contributed by atoms with Gasteiger partial charge in [0, 0.05) is 0 Å². The monoisotopic (exact) mass is 152 g/mol. The van der Waals surface area contributed by atoms with E-state index < -0.39 is 6.17 Å². The third-order valence-electron chi connectivity index (χ3n) is 3.86. The van der Waals surface area contributed by atoms with Gasteiger partial charge in [-0.15, -0.1) is 0 Å². The fourth-order valence-electron chi connectivity index (χ4n) is 3.41. The molecule has 3 aliphatic rings. The fourth-order valence-corrected chi connectivity index (χ4v) is 3.41. The first-order chi connectivity index (χ1) is 5.34. The van der Waals surface area contributed by atoms with E-state index in [0.717, 1.165) is 36.5 Å². The molecule has 0 aromatic carbocycles. The van der Waals surface area contributed by atoms with Crippen molar-refractivity contribution >= 4 is 0 Å². The molecule has 4 unspecified atom stereocenters. The van der Waals surface area contributed by atoms with Crippen molar-refractivity contribution < 1.29 is 4.39 Å². The van der Waals surface area contributed by atoms with Gasteiger partial charge in [-0.2, -0.15) is 0 Å². The van der Waals surface area contributed by atoms with Crippen molar-refractivity contribution in [2.45, 2.75) is 25.4 Å². The fraction of sp³-hybridized carbons (Fsp3) is 0.800. The predicted octanol–water partition coefficient (Wildman–Crippen LogP) is 2.56. The number of halogens is 1. The predicted molar refractivity (Wildman–Crippen MR) is 41.8 cm³/mol. The Bertz CT molecular complexity index is 189. The lowest BCUT2D eigenvalue weighted by molar-refractivity contribution is 0.311. The van der Waals surface area contributed by atoms with Crippen molar-refractivity contribution in [2.75, 3.05) is 0 Å². The van der Waals surface area contributed by atoms with Crippen molar-refractivity contribution in [3.63, 3.8) is 0 Å². The lowest BCUT2D eigenvalue weighted by Gasteiger charge is -2.18. The third kappa shape index (κ3) is 0.692. The van der Waals surface area contributed by atoms with E-state index in [4.69, 9.17) is 0 Å². The molecule has 0 heterocycles. The van der Waals surface area contributed by atoms with Gasteiger partial charge in [-0.1, -0.05) is 12.2 Å². The van der Waals surface area contributed by atoms with E-state index in [2.05, 4.69) is 12.2 Å². The zero-order chi connectivity index (χ0) is 7.42. The summed E-state index contributed by atoms with van der Waals surface area (Å²) in [6, 6.07) is 0. The highest BCUT2D eigenvalue weighted by atomic mass is 19.1. The van der Waals surface area contributed by atoms with Crippen molar-refractivity contribution in [3.05, 3.63) is 12.2 Å². The van der Waals surface area contributed by atoms with Crippen LogP contribution in [0, 0.1) is 23.7 Å². The van der Waals surface area contributed by atoms with E-state index in [1.165, 1.54) is 6.42 Å². The first-order valence-electron chi connectivity index (χ1n) is 4.67. The zero-order valence-corrected chi connectivity index (χ0v) is 6.54. The average molecular weight is 152 g/mol. The smallest absolute Gasteiger partial charge is 0.101 e. The molecule has 11 heavy (non-hydrogen) atoms. The molecule has 3 rings (SSSR count). The first-order valence-corrected chi connectivity index (χ1v) is 4.67. The molecular weight excluding hydrogens is 139 g/mol. The minimum absolute atomic E-state index is 0.477. The standard InChI is InChI=1S/C10H13F/c11-8-4-9-6-1-2-7(3-6)10(9)5-8/h1-2,6-10H,3-5H2. The molecule has 0 radical (unpaired) electrons. The molecule has 0 aliphatic heterocycles. The molecule has 60 valence electrons. The van der Waals surface area contributed by atoms with Crippen LogP contribution in [0.5, 0.6) is 0 Å². The molecule has 2 bridgehead atoms. The molecule has 1 heteroatoms. The van der Waals surface area contributed by atoms with Gasteiger partial charge < -0.3 is 0 Å². The van der Waals surface area contributed by atoms with E-state index in [0.29, 0.717) is 0 Å². The van der Waals surface area contributed by atoms with Crippen LogP contribution in [0.2, 0.25) is 0 Å². The van der Waals surface area contributed by atoms with Crippen molar-refractivity contribution in [2.24, 2.45) is 23.7 Å². The van der Waals surface area contributed by atoms with Crippen LogP contribution in [-0.2, 0) is 0 Å². The highest BCUT2D eigenvalue weighted by Gasteiger charge is 2.49. The SMILES string of the molecule is FC1CC2C3C=CC(C3)C2C1. The van der Waals surface area contributed by atoms with Crippen LogP contribution in [0.15, 0.2) is 12.2 Å². The van der Waals surface area contributed by atoms with Gasteiger partial charge in [0.25, 0.3) is 0 Å². The minimum atomic E-state index is -0.477. The summed E-state index contributed by atoms with van der Waals surface area (Å²) in [5.41, 5.74) is 0. The Labute approximate surface area is 66.5 Å². The second kappa shape index (κ2) is 1.88. The maximum Gasteiger partial charge on any atom is 0.101 e. The summed E-state index contributed by atoms with van der Waals surface area (Å²) < 4.78 is 13.0. The minimum Gasteiger partial charge on any atom is -0.247 e. The second-order valence-corrected chi connectivity index (χ2v) is 4.34. The van der Waals surface area contributed by atoms with Gasteiger partial charge in [-0.25, -0.2) is 4.39 Å². The number of hydrogen-bond donors (Lipinski definition) is 0. The summed E-state index contributed by atoms with van der Waals surface area (Å²) in [6.45, 7) is 0. The molecule has 3 aliphatic carbocycles. The second-order valence-electron chi connectivity index (χ2n) is 4.34. The van der Waals surface area contributed by atoms with Crippen LogP contribution in [-0.4, -0.2) is 6.17 Å². The van der Waals surface area contributed by atoms with Gasteiger partial charge in [0.1, 0.15) is 6.17 Å². The molecule has 0 amide bonds. The molecule has 2 saturated carbocycles. The van der Waals surface area contributed by atoms with Gasteiger partial charge in [0.05, 0.1) is 0 Å².